The highest BCUT2D eigenvalue weighted by atomic mass is 79.9. The first kappa shape index (κ1) is 32.6. The van der Waals surface area contributed by atoms with Crippen LogP contribution in [0, 0.1) is 0 Å². The van der Waals surface area contributed by atoms with Crippen LogP contribution in [-0.4, -0.2) is 49.9 Å². The van der Waals surface area contributed by atoms with Gasteiger partial charge in [0.25, 0.3) is 0 Å². The van der Waals surface area contributed by atoms with Gasteiger partial charge in [-0.05, 0) is 77.3 Å². The number of hydrazone groups is 1. The van der Waals surface area contributed by atoms with Crippen LogP contribution in [0.15, 0.2) is 81.5 Å². The van der Waals surface area contributed by atoms with Gasteiger partial charge in [0.2, 0.25) is 0 Å². The molecule has 0 saturated heterocycles. The van der Waals surface area contributed by atoms with Crippen LogP contribution >= 0.6 is 27.5 Å². The van der Waals surface area contributed by atoms with Gasteiger partial charge in [0.1, 0.15) is 19.0 Å². The SMILES string of the molecule is CCOc1cc([C@@H]2NC(=O)NC(C)=C2C(=O)OC)ccc1OC[C@H](O)N/N=C\c1ccc(OCc2ccccc2Cl)c(Br)c1. The van der Waals surface area contributed by atoms with Crippen molar-refractivity contribution in [2.75, 3.05) is 20.3 Å². The Morgan fingerprint density at radius 3 is 2.61 bits per heavy atom. The minimum atomic E-state index is -1.14. The first-order valence-corrected chi connectivity index (χ1v) is 14.8. The Morgan fingerprint density at radius 1 is 1.11 bits per heavy atom. The van der Waals surface area contributed by atoms with Crippen molar-refractivity contribution >= 4 is 45.7 Å². The Morgan fingerprint density at radius 2 is 1.89 bits per heavy atom. The van der Waals surface area contributed by atoms with Gasteiger partial charge in [-0.1, -0.05) is 35.9 Å². The molecule has 2 amide bonds. The fourth-order valence-electron chi connectivity index (χ4n) is 4.31. The molecule has 232 valence electrons. The number of benzene rings is 3. The summed E-state index contributed by atoms with van der Waals surface area (Å²) in [5.74, 6) is 0.808. The molecule has 0 aliphatic carbocycles. The number of nitrogens with zero attached hydrogens (tertiary/aromatic N) is 1. The van der Waals surface area contributed by atoms with Crippen molar-refractivity contribution in [1.82, 2.24) is 16.1 Å². The van der Waals surface area contributed by atoms with Gasteiger partial charge in [0, 0.05) is 16.3 Å². The third-order valence-corrected chi connectivity index (χ3v) is 7.39. The van der Waals surface area contributed by atoms with E-state index in [0.717, 1.165) is 15.6 Å². The number of carbonyl (C=O) groups is 2. The molecular weight excluding hydrogens is 656 g/mol. The van der Waals surface area contributed by atoms with Crippen LogP contribution in [0.3, 0.4) is 0 Å². The Kier molecular flexibility index (Phi) is 11.5. The molecular formula is C31H32BrClN4O7. The molecule has 0 spiro atoms. The number of hydrogen-bond acceptors (Lipinski definition) is 9. The molecule has 0 aromatic heterocycles. The minimum absolute atomic E-state index is 0.147. The third-order valence-electron chi connectivity index (χ3n) is 6.41. The van der Waals surface area contributed by atoms with Crippen molar-refractivity contribution in [2.24, 2.45) is 5.10 Å². The van der Waals surface area contributed by atoms with Crippen LogP contribution in [0.25, 0.3) is 0 Å². The molecule has 1 aliphatic heterocycles. The largest absolute Gasteiger partial charge is 0.490 e. The van der Waals surface area contributed by atoms with Gasteiger partial charge in [-0.3, -0.25) is 5.43 Å². The van der Waals surface area contributed by atoms with Crippen LogP contribution < -0.4 is 30.3 Å². The van der Waals surface area contributed by atoms with Crippen LogP contribution in [-0.2, 0) is 16.1 Å². The van der Waals surface area contributed by atoms with Gasteiger partial charge in [-0.25, -0.2) is 9.59 Å². The highest BCUT2D eigenvalue weighted by Crippen LogP contribution is 2.35. The Labute approximate surface area is 268 Å². The number of urea groups is 1. The van der Waals surface area contributed by atoms with E-state index in [1.165, 1.54) is 7.11 Å². The maximum absolute atomic E-state index is 12.4. The molecule has 1 aliphatic rings. The zero-order valence-electron chi connectivity index (χ0n) is 24.2. The van der Waals surface area contributed by atoms with Crippen molar-refractivity contribution in [3.05, 3.63) is 98.1 Å². The summed E-state index contributed by atoms with van der Waals surface area (Å²) < 4.78 is 23.1. The van der Waals surface area contributed by atoms with E-state index in [0.29, 0.717) is 46.7 Å². The molecule has 3 aromatic carbocycles. The van der Waals surface area contributed by atoms with Gasteiger partial charge in [0.05, 0.1) is 36.0 Å². The number of aliphatic hydroxyl groups excluding tert-OH is 1. The fourth-order valence-corrected chi connectivity index (χ4v) is 5.01. The zero-order chi connectivity index (χ0) is 31.6. The minimum Gasteiger partial charge on any atom is -0.490 e. The molecule has 2 atom stereocenters. The summed E-state index contributed by atoms with van der Waals surface area (Å²) in [6.45, 7) is 3.95. The summed E-state index contributed by atoms with van der Waals surface area (Å²) in [6.07, 6.45) is 0.413. The number of methoxy groups -OCH3 is 1. The molecule has 1 heterocycles. The lowest BCUT2D eigenvalue weighted by Crippen LogP contribution is -2.45. The maximum Gasteiger partial charge on any atom is 0.337 e. The smallest absolute Gasteiger partial charge is 0.337 e. The van der Waals surface area contributed by atoms with Crippen LogP contribution in [0.4, 0.5) is 4.79 Å². The maximum atomic E-state index is 12.4. The number of nitrogens with one attached hydrogen (secondary N) is 3. The number of aliphatic hydroxyl groups is 1. The number of rotatable bonds is 13. The van der Waals surface area contributed by atoms with Gasteiger partial charge in [-0.2, -0.15) is 5.10 Å². The normalized spacial score (nSPS) is 15.3. The summed E-state index contributed by atoms with van der Waals surface area (Å²) in [5.41, 5.74) is 5.52. The molecule has 0 unspecified atom stereocenters. The lowest BCUT2D eigenvalue weighted by Gasteiger charge is -2.28. The average molecular weight is 688 g/mol. The second-order valence-electron chi connectivity index (χ2n) is 9.48. The fraction of sp³-hybridized carbons (Fsp3) is 0.258. The Hall–Kier alpha value is -4.26. The molecule has 4 rings (SSSR count). The quantitative estimate of drug-likeness (QED) is 0.0833. The van der Waals surface area contributed by atoms with E-state index < -0.39 is 24.3 Å². The first-order valence-electron chi connectivity index (χ1n) is 13.6. The van der Waals surface area contributed by atoms with E-state index in [1.807, 2.05) is 43.3 Å². The van der Waals surface area contributed by atoms with E-state index in [4.69, 9.17) is 30.5 Å². The number of carbonyl (C=O) groups excluding carboxylic acids is 2. The van der Waals surface area contributed by atoms with Crippen molar-refractivity contribution in [3.63, 3.8) is 0 Å². The summed E-state index contributed by atoms with van der Waals surface area (Å²) in [5, 5.41) is 20.5. The molecule has 0 bridgehead atoms. The monoisotopic (exact) mass is 686 g/mol. The van der Waals surface area contributed by atoms with Crippen LogP contribution in [0.1, 0.15) is 36.6 Å². The second-order valence-corrected chi connectivity index (χ2v) is 10.7. The average Bonchev–Trinajstić information content (AvgIpc) is 3.00. The van der Waals surface area contributed by atoms with Crippen molar-refractivity contribution in [2.45, 2.75) is 32.7 Å². The van der Waals surface area contributed by atoms with Crippen LogP contribution in [0.2, 0.25) is 5.02 Å². The van der Waals surface area contributed by atoms with E-state index in [-0.39, 0.29) is 12.2 Å². The highest BCUT2D eigenvalue weighted by molar-refractivity contribution is 9.10. The molecule has 0 radical (unpaired) electrons. The van der Waals surface area contributed by atoms with E-state index in [9.17, 15) is 14.7 Å². The van der Waals surface area contributed by atoms with E-state index in [2.05, 4.69) is 37.1 Å². The van der Waals surface area contributed by atoms with Gasteiger partial charge in [-0.15, -0.1) is 0 Å². The molecule has 0 fully saturated rings. The van der Waals surface area contributed by atoms with Gasteiger partial charge in [0.15, 0.2) is 17.7 Å². The molecule has 13 heteroatoms. The van der Waals surface area contributed by atoms with Gasteiger partial charge < -0.3 is 34.7 Å². The summed E-state index contributed by atoms with van der Waals surface area (Å²) in [7, 11) is 1.27. The van der Waals surface area contributed by atoms with Crippen molar-refractivity contribution in [1.29, 1.82) is 0 Å². The summed E-state index contributed by atoms with van der Waals surface area (Å²) >= 11 is 9.71. The molecule has 3 aromatic rings. The highest BCUT2D eigenvalue weighted by Gasteiger charge is 2.32. The second kappa shape index (κ2) is 15.5. The number of allylic oxidation sites excluding steroid dienone is 1. The zero-order valence-corrected chi connectivity index (χ0v) is 26.6. The van der Waals surface area contributed by atoms with E-state index >= 15 is 0 Å². The molecule has 11 nitrogen and oxygen atoms in total. The predicted molar refractivity (Wildman–Crippen MR) is 169 cm³/mol. The number of halogens is 2. The topological polar surface area (TPSA) is 140 Å². The number of hydrogen-bond donors (Lipinski definition) is 4. The van der Waals surface area contributed by atoms with Crippen molar-refractivity contribution < 1.29 is 33.6 Å². The predicted octanol–water partition coefficient (Wildman–Crippen LogP) is 5.20. The van der Waals surface area contributed by atoms with Crippen molar-refractivity contribution in [3.8, 4) is 17.2 Å². The summed E-state index contributed by atoms with van der Waals surface area (Å²) in [6, 6.07) is 16.8. The lowest BCUT2D eigenvalue weighted by atomic mass is 9.95. The van der Waals surface area contributed by atoms with Gasteiger partial charge >= 0.3 is 12.0 Å². The lowest BCUT2D eigenvalue weighted by molar-refractivity contribution is -0.136. The Bertz CT molecular complexity index is 1570. The first-order chi connectivity index (χ1) is 21.2. The standard InChI is InChI=1S/C31H32BrClN4O7/c1-4-42-26-14-20(29-28(30(39)41-3)18(2)35-31(40)36-29)10-12-25(26)44-17-27(38)37-34-15-19-9-11-24(22(32)13-19)43-16-21-7-5-6-8-23(21)33/h5-15,27,29,37-38H,4,16-17H2,1-3H3,(H2,35,36,40)/b34-15-/t27-,29-/m0/s1. The van der Waals surface area contributed by atoms with Crippen LogP contribution in [0.5, 0.6) is 17.2 Å². The molecule has 0 saturated carbocycles. The molecule has 44 heavy (non-hydrogen) atoms. The number of esters is 1. The summed E-state index contributed by atoms with van der Waals surface area (Å²) in [4.78, 5) is 24.6. The van der Waals surface area contributed by atoms with E-state index in [1.54, 1.807) is 37.4 Å². The molecule has 4 N–H and O–H groups in total. The number of amides is 2. The third kappa shape index (κ3) is 8.43. The number of ether oxygens (including phenoxy) is 4. The Balaban J connectivity index is 1.35.